The Morgan fingerprint density at radius 1 is 1.05 bits per heavy atom. The number of carboxylic acids is 1. The van der Waals surface area contributed by atoms with Gasteiger partial charge in [0.2, 0.25) is 5.60 Å². The van der Waals surface area contributed by atoms with Gasteiger partial charge < -0.3 is 19.7 Å². The van der Waals surface area contributed by atoms with Crippen LogP contribution in [0.1, 0.15) is 19.3 Å². The van der Waals surface area contributed by atoms with Crippen molar-refractivity contribution in [2.24, 2.45) is 0 Å². The Balaban J connectivity index is 1.49. The molecule has 4 aromatic rings. The van der Waals surface area contributed by atoms with Crippen molar-refractivity contribution in [2.75, 3.05) is 6.61 Å². The highest BCUT2D eigenvalue weighted by atomic mass is 35.5. The first-order chi connectivity index (χ1) is 18.6. The Labute approximate surface area is 234 Å². The van der Waals surface area contributed by atoms with Crippen LogP contribution in [0.25, 0.3) is 33.3 Å². The lowest BCUT2D eigenvalue weighted by atomic mass is 9.80. The van der Waals surface area contributed by atoms with Crippen LogP contribution in [0.3, 0.4) is 0 Å². The van der Waals surface area contributed by atoms with Crippen LogP contribution in [0.5, 0.6) is 11.8 Å². The van der Waals surface area contributed by atoms with Gasteiger partial charge in [-0.1, -0.05) is 73.7 Å². The number of nitrogens with zero attached hydrogens (tertiary/aromatic N) is 2. The molecule has 1 aromatic heterocycles. The van der Waals surface area contributed by atoms with E-state index in [0.717, 1.165) is 40.2 Å². The van der Waals surface area contributed by atoms with Gasteiger partial charge in [-0.3, -0.25) is 4.57 Å². The number of aromatic nitrogens is 2. The minimum absolute atomic E-state index is 0.191. The monoisotopic (exact) mass is 564 g/mol. The third-order valence-corrected chi connectivity index (χ3v) is 9.28. The van der Waals surface area contributed by atoms with Crippen molar-refractivity contribution in [1.82, 2.24) is 9.55 Å². The quantitative estimate of drug-likeness (QED) is 0.154. The van der Waals surface area contributed by atoms with Crippen molar-refractivity contribution >= 4 is 36.7 Å². The number of fused-ring (bicyclic) bond motifs is 1. The molecule has 3 aromatic carbocycles. The predicted octanol–water partition coefficient (Wildman–Crippen LogP) is 7.43. The van der Waals surface area contributed by atoms with Gasteiger partial charge in [-0.15, -0.1) is 0 Å². The Morgan fingerprint density at radius 2 is 1.72 bits per heavy atom. The largest absolute Gasteiger partial charge is 0.507 e. The summed E-state index contributed by atoms with van der Waals surface area (Å²) in [5.41, 5.74) is 3.43. The van der Waals surface area contributed by atoms with Gasteiger partial charge in [0.25, 0.3) is 6.01 Å². The summed E-state index contributed by atoms with van der Waals surface area (Å²) in [5.74, 6) is -0.754. The van der Waals surface area contributed by atoms with Gasteiger partial charge >= 0.3 is 5.97 Å². The van der Waals surface area contributed by atoms with Crippen molar-refractivity contribution < 1.29 is 24.5 Å². The molecule has 9 heteroatoms. The Morgan fingerprint density at radius 3 is 2.31 bits per heavy atom. The van der Waals surface area contributed by atoms with Gasteiger partial charge in [0.05, 0.1) is 16.1 Å². The minimum Gasteiger partial charge on any atom is -0.507 e. The number of ether oxygens (including phenoxy) is 2. The van der Waals surface area contributed by atoms with Crippen molar-refractivity contribution in [3.63, 3.8) is 0 Å². The molecule has 39 heavy (non-hydrogen) atoms. The maximum atomic E-state index is 12.0. The van der Waals surface area contributed by atoms with Gasteiger partial charge in [-0.05, 0) is 54.6 Å². The molecule has 1 aliphatic rings. The number of phenolic OH excluding ortho intramolecular Hbond substituents is 1. The lowest BCUT2D eigenvalue weighted by Crippen LogP contribution is -2.51. The highest BCUT2D eigenvalue weighted by Crippen LogP contribution is 2.40. The zero-order valence-corrected chi connectivity index (χ0v) is 24.2. The van der Waals surface area contributed by atoms with Crippen LogP contribution in [-0.4, -0.2) is 46.0 Å². The summed E-state index contributed by atoms with van der Waals surface area (Å²) < 4.78 is 13.9. The normalized spacial score (nSPS) is 14.8. The number of hydrogen-bond acceptors (Lipinski definition) is 5. The van der Waals surface area contributed by atoms with E-state index in [-0.39, 0.29) is 18.5 Å². The van der Waals surface area contributed by atoms with Crippen LogP contribution in [0, 0.1) is 0 Å². The number of aromatic hydroxyl groups is 1. The second-order valence-corrected chi connectivity index (χ2v) is 17.4. The highest BCUT2D eigenvalue weighted by molar-refractivity contribution is 6.76. The smallest absolute Gasteiger partial charge is 0.348 e. The van der Waals surface area contributed by atoms with E-state index in [1.807, 2.05) is 48.5 Å². The van der Waals surface area contributed by atoms with Gasteiger partial charge in [-0.25, -0.2) is 4.79 Å². The van der Waals surface area contributed by atoms with Crippen LogP contribution >= 0.6 is 11.6 Å². The average molecular weight is 565 g/mol. The summed E-state index contributed by atoms with van der Waals surface area (Å²) in [4.78, 5) is 16.7. The second kappa shape index (κ2) is 10.7. The van der Waals surface area contributed by atoms with E-state index in [1.165, 1.54) is 0 Å². The predicted molar refractivity (Wildman–Crippen MR) is 156 cm³/mol. The average Bonchev–Trinajstić information content (AvgIpc) is 3.19. The summed E-state index contributed by atoms with van der Waals surface area (Å²) in [6.45, 7) is 7.67. The van der Waals surface area contributed by atoms with Crippen LogP contribution < -0.4 is 4.74 Å². The molecule has 5 rings (SSSR count). The molecule has 7 nitrogen and oxygen atoms in total. The van der Waals surface area contributed by atoms with Crippen LogP contribution in [0.2, 0.25) is 30.7 Å². The Hall–Kier alpha value is -3.33. The van der Waals surface area contributed by atoms with E-state index in [9.17, 15) is 15.0 Å². The number of para-hydroxylation sites is 1. The molecule has 0 atom stereocenters. The number of imidazole rings is 1. The highest BCUT2D eigenvalue weighted by Gasteiger charge is 2.48. The van der Waals surface area contributed by atoms with Crippen LogP contribution in [0.15, 0.2) is 60.7 Å². The van der Waals surface area contributed by atoms with E-state index in [0.29, 0.717) is 30.0 Å². The minimum atomic E-state index is -1.27. The van der Waals surface area contributed by atoms with E-state index in [4.69, 9.17) is 26.1 Å². The number of phenols is 1. The molecular formula is C30H33ClN2O5Si. The fraction of sp³-hybridized carbons (Fsp3) is 0.333. The molecule has 0 saturated heterocycles. The molecule has 1 fully saturated rings. The molecule has 2 N–H and O–H groups in total. The number of carbonyl (C=O) groups is 1. The third-order valence-electron chi connectivity index (χ3n) is 7.27. The van der Waals surface area contributed by atoms with E-state index < -0.39 is 19.6 Å². The standard InChI is InChI=1S/C30H33ClN2O5Si/c1-39(2,3)16-15-37-19-33-26-18-24(31)23(17-25(26)32-29(33)38-30(28(35)36)13-6-14-30)21-11-9-20(10-12-21)22-7-4-5-8-27(22)34/h4-5,7-12,17-18,34H,6,13-16,19H2,1-3H3,(H,35,36). The zero-order chi connectivity index (χ0) is 27.8. The first-order valence-electron chi connectivity index (χ1n) is 13.2. The number of rotatable bonds is 10. The Bertz CT molecular complexity index is 1510. The molecule has 1 aliphatic carbocycles. The molecule has 0 spiro atoms. The maximum absolute atomic E-state index is 12.0. The molecule has 204 valence electrons. The lowest BCUT2D eigenvalue weighted by molar-refractivity contribution is -0.164. The molecule has 0 aliphatic heterocycles. The second-order valence-electron chi connectivity index (χ2n) is 11.3. The number of hydrogen-bond donors (Lipinski definition) is 2. The van der Waals surface area contributed by atoms with Gasteiger partial charge in [0.15, 0.2) is 0 Å². The number of carboxylic acid groups (broad SMARTS) is 1. The Kier molecular flexibility index (Phi) is 7.46. The van der Waals surface area contributed by atoms with Gasteiger partial charge in [0.1, 0.15) is 12.5 Å². The number of halogens is 1. The summed E-state index contributed by atoms with van der Waals surface area (Å²) in [7, 11) is -1.27. The van der Waals surface area contributed by atoms with Crippen molar-refractivity contribution in [3.05, 3.63) is 65.7 Å². The lowest BCUT2D eigenvalue weighted by Gasteiger charge is -2.37. The van der Waals surface area contributed by atoms with Crippen molar-refractivity contribution in [1.29, 1.82) is 0 Å². The SMILES string of the molecule is C[Si](C)(C)CCOCn1c(OC2(C(=O)O)CCC2)nc2cc(-c3ccc(-c4ccccc4O)cc3)c(Cl)cc21. The maximum Gasteiger partial charge on any atom is 0.348 e. The number of benzene rings is 3. The zero-order valence-electron chi connectivity index (χ0n) is 22.4. The topological polar surface area (TPSA) is 93.8 Å². The fourth-order valence-corrected chi connectivity index (χ4v) is 5.68. The van der Waals surface area contributed by atoms with Crippen LogP contribution in [-0.2, 0) is 16.3 Å². The molecule has 0 radical (unpaired) electrons. The van der Waals surface area contributed by atoms with Crippen molar-refractivity contribution in [3.8, 4) is 34.0 Å². The molecule has 0 unspecified atom stereocenters. The van der Waals surface area contributed by atoms with E-state index in [2.05, 4.69) is 19.6 Å². The summed E-state index contributed by atoms with van der Waals surface area (Å²) in [5, 5.41) is 20.6. The summed E-state index contributed by atoms with van der Waals surface area (Å²) in [6.07, 6.45) is 1.68. The van der Waals surface area contributed by atoms with Crippen LogP contribution in [0.4, 0.5) is 0 Å². The van der Waals surface area contributed by atoms with E-state index >= 15 is 0 Å². The molecular weight excluding hydrogens is 532 g/mol. The molecule has 0 amide bonds. The molecule has 0 bridgehead atoms. The fourth-order valence-electron chi connectivity index (χ4n) is 4.66. The first kappa shape index (κ1) is 27.2. The van der Waals surface area contributed by atoms with Gasteiger partial charge in [0, 0.05) is 25.8 Å². The van der Waals surface area contributed by atoms with Crippen molar-refractivity contribution in [2.45, 2.75) is 57.3 Å². The third kappa shape index (κ3) is 5.69. The number of aliphatic carboxylic acids is 1. The molecule has 1 heterocycles. The summed E-state index contributed by atoms with van der Waals surface area (Å²) >= 11 is 6.79. The summed E-state index contributed by atoms with van der Waals surface area (Å²) in [6, 6.07) is 20.0. The first-order valence-corrected chi connectivity index (χ1v) is 17.2. The molecule has 1 saturated carbocycles. The van der Waals surface area contributed by atoms with E-state index in [1.54, 1.807) is 16.7 Å². The van der Waals surface area contributed by atoms with Gasteiger partial charge in [-0.2, -0.15) is 4.98 Å².